The lowest BCUT2D eigenvalue weighted by Crippen LogP contribution is -2.29. The summed E-state index contributed by atoms with van der Waals surface area (Å²) < 4.78 is 0.510. The van der Waals surface area contributed by atoms with Crippen LogP contribution in [0.5, 0.6) is 0 Å². The van der Waals surface area contributed by atoms with E-state index in [1.807, 2.05) is 0 Å². The molecule has 0 aliphatic carbocycles. The van der Waals surface area contributed by atoms with Crippen LogP contribution in [0.25, 0.3) is 0 Å². The lowest BCUT2D eigenvalue weighted by atomic mass is 10.2. The van der Waals surface area contributed by atoms with E-state index in [1.54, 1.807) is 0 Å². The number of H-pyrrole nitrogens is 1. The second-order valence-corrected chi connectivity index (χ2v) is 3.87. The van der Waals surface area contributed by atoms with Crippen LogP contribution >= 0.6 is 15.9 Å². The average Bonchev–Trinajstić information content (AvgIpc) is 2.23. The zero-order valence-electron chi connectivity index (χ0n) is 7.53. The average molecular weight is 256 g/mol. The van der Waals surface area contributed by atoms with Crippen LogP contribution in [0.3, 0.4) is 0 Å². The lowest BCUT2D eigenvalue weighted by molar-refractivity contribution is 0.797. The molecule has 0 amide bonds. The Morgan fingerprint density at radius 1 is 1.50 bits per heavy atom. The van der Waals surface area contributed by atoms with Gasteiger partial charge in [-0.25, -0.2) is 4.98 Å². The van der Waals surface area contributed by atoms with Crippen LogP contribution in [-0.4, -0.2) is 23.1 Å². The molecule has 0 bridgehead atoms. The number of halogens is 1. The van der Waals surface area contributed by atoms with Crippen LogP contribution in [0.1, 0.15) is 6.42 Å². The Balaban J connectivity index is 2.36. The molecular weight excluding hydrogens is 246 g/mol. The van der Waals surface area contributed by atoms with Crippen molar-refractivity contribution in [2.75, 3.05) is 18.0 Å². The summed E-state index contributed by atoms with van der Waals surface area (Å²) in [6.45, 7) is 1.72. The van der Waals surface area contributed by atoms with Gasteiger partial charge in [-0.2, -0.15) is 0 Å². The highest BCUT2D eigenvalue weighted by molar-refractivity contribution is 9.10. The van der Waals surface area contributed by atoms with Crippen LogP contribution in [0.15, 0.2) is 27.7 Å². The van der Waals surface area contributed by atoms with Gasteiger partial charge in [-0.15, -0.1) is 0 Å². The summed E-state index contributed by atoms with van der Waals surface area (Å²) >= 11 is 3.24. The first-order chi connectivity index (χ1) is 6.79. The predicted molar refractivity (Wildman–Crippen MR) is 58.5 cm³/mol. The van der Waals surface area contributed by atoms with Gasteiger partial charge >= 0.3 is 0 Å². The fourth-order valence-corrected chi connectivity index (χ4v) is 1.90. The summed E-state index contributed by atoms with van der Waals surface area (Å²) in [6, 6.07) is 0. The van der Waals surface area contributed by atoms with Crippen molar-refractivity contribution in [1.29, 1.82) is 0 Å². The van der Waals surface area contributed by atoms with E-state index < -0.39 is 0 Å². The van der Waals surface area contributed by atoms with Crippen molar-refractivity contribution in [2.24, 2.45) is 0 Å². The monoisotopic (exact) mass is 255 g/mol. The molecule has 0 saturated carbocycles. The predicted octanol–water partition coefficient (Wildman–Crippen LogP) is 1.30. The molecule has 4 nitrogen and oxygen atoms in total. The van der Waals surface area contributed by atoms with Gasteiger partial charge in [0, 0.05) is 13.1 Å². The molecule has 5 heteroatoms. The molecule has 74 valence electrons. The molecule has 0 atom stereocenters. The number of anilines is 1. The van der Waals surface area contributed by atoms with Crippen molar-refractivity contribution in [3.05, 3.63) is 33.3 Å². The van der Waals surface area contributed by atoms with E-state index in [9.17, 15) is 4.79 Å². The molecule has 0 unspecified atom stereocenters. The molecule has 2 heterocycles. The fraction of sp³-hybridized carbons (Fsp3) is 0.333. The Morgan fingerprint density at radius 3 is 3.07 bits per heavy atom. The summed E-state index contributed by atoms with van der Waals surface area (Å²) in [4.78, 5) is 20.0. The first kappa shape index (κ1) is 9.45. The zero-order valence-corrected chi connectivity index (χ0v) is 9.12. The molecule has 0 aromatic carbocycles. The smallest absolute Gasteiger partial charge is 0.267 e. The van der Waals surface area contributed by atoms with Gasteiger partial charge in [0.2, 0.25) is 0 Å². The summed E-state index contributed by atoms with van der Waals surface area (Å²) in [5.41, 5.74) is -0.135. The topological polar surface area (TPSA) is 49.0 Å². The van der Waals surface area contributed by atoms with Crippen molar-refractivity contribution in [2.45, 2.75) is 6.42 Å². The fourth-order valence-electron chi connectivity index (χ4n) is 1.43. The van der Waals surface area contributed by atoms with Crippen LogP contribution in [0, 0.1) is 0 Å². The van der Waals surface area contributed by atoms with Gasteiger partial charge < -0.3 is 9.88 Å². The summed E-state index contributed by atoms with van der Waals surface area (Å²) in [5, 5.41) is 0. The van der Waals surface area contributed by atoms with Crippen molar-refractivity contribution in [3.8, 4) is 0 Å². The van der Waals surface area contributed by atoms with Gasteiger partial charge in [-0.05, 0) is 22.4 Å². The first-order valence-corrected chi connectivity index (χ1v) is 5.21. The molecule has 0 fully saturated rings. The highest BCUT2D eigenvalue weighted by atomic mass is 79.9. The van der Waals surface area contributed by atoms with Gasteiger partial charge in [0.05, 0.1) is 6.33 Å². The molecule has 1 N–H and O–H groups in total. The number of nitrogens with zero attached hydrogens (tertiary/aromatic N) is 2. The Hall–Kier alpha value is -1.10. The van der Waals surface area contributed by atoms with E-state index in [-0.39, 0.29) is 5.56 Å². The minimum Gasteiger partial charge on any atom is -0.351 e. The molecule has 14 heavy (non-hydrogen) atoms. The third kappa shape index (κ3) is 1.72. The maximum atomic E-state index is 11.3. The van der Waals surface area contributed by atoms with Gasteiger partial charge in [0.15, 0.2) is 5.82 Å². The Bertz CT molecular complexity index is 413. The third-order valence-electron chi connectivity index (χ3n) is 2.14. The van der Waals surface area contributed by atoms with Crippen LogP contribution in [-0.2, 0) is 0 Å². The molecular formula is C9H10BrN3O. The number of hydrogen-bond donors (Lipinski definition) is 1. The minimum absolute atomic E-state index is 0.135. The summed E-state index contributed by atoms with van der Waals surface area (Å²) in [5.74, 6) is 0.720. The molecule has 1 aromatic rings. The highest BCUT2D eigenvalue weighted by Gasteiger charge is 2.13. The molecule has 0 saturated heterocycles. The molecule has 1 aliphatic rings. The van der Waals surface area contributed by atoms with E-state index in [4.69, 9.17) is 0 Å². The molecule has 1 aliphatic heterocycles. The molecule has 1 aromatic heterocycles. The number of nitrogens with one attached hydrogen (secondary N) is 1. The van der Waals surface area contributed by atoms with Crippen molar-refractivity contribution >= 4 is 21.7 Å². The quantitative estimate of drug-likeness (QED) is 0.770. The van der Waals surface area contributed by atoms with E-state index in [0.29, 0.717) is 4.47 Å². The Morgan fingerprint density at radius 2 is 2.36 bits per heavy atom. The number of hydrogen-bond acceptors (Lipinski definition) is 3. The lowest BCUT2D eigenvalue weighted by Gasteiger charge is -2.24. The maximum Gasteiger partial charge on any atom is 0.267 e. The largest absolute Gasteiger partial charge is 0.351 e. The highest BCUT2D eigenvalue weighted by Crippen LogP contribution is 2.20. The van der Waals surface area contributed by atoms with Crippen LogP contribution in [0.4, 0.5) is 5.82 Å². The Kier molecular flexibility index (Phi) is 2.67. The number of aromatic amines is 1. The molecule has 0 spiro atoms. The van der Waals surface area contributed by atoms with Crippen LogP contribution in [0.2, 0.25) is 0 Å². The van der Waals surface area contributed by atoms with Gasteiger partial charge in [0.25, 0.3) is 5.56 Å². The summed E-state index contributed by atoms with van der Waals surface area (Å²) in [6.07, 6.45) is 6.65. The minimum atomic E-state index is -0.135. The summed E-state index contributed by atoms with van der Waals surface area (Å²) in [7, 11) is 0. The van der Waals surface area contributed by atoms with E-state index in [1.165, 1.54) is 6.33 Å². The second kappa shape index (κ2) is 3.96. The van der Waals surface area contributed by atoms with E-state index >= 15 is 0 Å². The Labute approximate surface area is 89.8 Å². The first-order valence-electron chi connectivity index (χ1n) is 4.42. The molecule has 2 rings (SSSR count). The third-order valence-corrected chi connectivity index (χ3v) is 2.85. The standard InChI is InChI=1S/C9H10BrN3O/c10-7-8(11-6-12-9(7)14)13-4-2-1-3-5-13/h1-2,6H,3-5H2,(H,11,12,14). The normalized spacial score (nSPS) is 15.9. The van der Waals surface area contributed by atoms with Crippen LogP contribution < -0.4 is 10.5 Å². The van der Waals surface area contributed by atoms with Crippen molar-refractivity contribution in [1.82, 2.24) is 9.97 Å². The van der Waals surface area contributed by atoms with Gasteiger partial charge in [-0.3, -0.25) is 4.79 Å². The zero-order chi connectivity index (χ0) is 9.97. The SMILES string of the molecule is O=c1[nH]cnc(N2CC=CCC2)c1Br. The van der Waals surface area contributed by atoms with Gasteiger partial charge in [0.1, 0.15) is 4.47 Å². The van der Waals surface area contributed by atoms with Crippen molar-refractivity contribution in [3.63, 3.8) is 0 Å². The van der Waals surface area contributed by atoms with Crippen molar-refractivity contribution < 1.29 is 0 Å². The van der Waals surface area contributed by atoms with E-state index in [2.05, 4.69) is 42.9 Å². The van der Waals surface area contributed by atoms with Gasteiger partial charge in [-0.1, -0.05) is 12.2 Å². The van der Waals surface area contributed by atoms with E-state index in [0.717, 1.165) is 25.3 Å². The number of rotatable bonds is 1. The number of aromatic nitrogens is 2. The maximum absolute atomic E-state index is 11.3. The second-order valence-electron chi connectivity index (χ2n) is 3.08. The molecule has 0 radical (unpaired) electrons.